The van der Waals surface area contributed by atoms with Gasteiger partial charge in [-0.15, -0.1) is 0 Å². The molecule has 24 heteroatoms. The number of halogens is 6. The van der Waals surface area contributed by atoms with E-state index in [1.165, 1.54) is 72.8 Å². The lowest BCUT2D eigenvalue weighted by atomic mass is 10.0. The molecular formula is C68H54F6N8O10. The van der Waals surface area contributed by atoms with Crippen LogP contribution in [0.3, 0.4) is 0 Å². The molecule has 0 saturated carbocycles. The summed E-state index contributed by atoms with van der Waals surface area (Å²) in [5.74, 6) is -5.38. The van der Waals surface area contributed by atoms with Crippen molar-refractivity contribution < 1.29 is 74.6 Å². The SMILES string of the molecule is COC[C@@H]1COC[C@@H]1n1c(Cc2cc(F)c(-c3cccc(OCc4ccc(C#N)cc4F)n3)cc2F)nc2ccc(C(=O)O)cc21.COC[C@@H]1COC[C@@H]1n1c(Cc2cc(F)c(-c3cccc(OCc4ccc(C#N)cc4F)n3)cc2F)nc2ccc(C(=O)O)cc21. The van der Waals surface area contributed by atoms with Gasteiger partial charge in [0.05, 0.1) is 120 Å². The summed E-state index contributed by atoms with van der Waals surface area (Å²) in [7, 11) is 3.16. The van der Waals surface area contributed by atoms with Crippen LogP contribution in [-0.2, 0) is 45.0 Å². The lowest BCUT2D eigenvalue weighted by molar-refractivity contribution is 0.0686. The third kappa shape index (κ3) is 13.6. The predicted octanol–water partition coefficient (Wildman–Crippen LogP) is 12.2. The van der Waals surface area contributed by atoms with Crippen molar-refractivity contribution in [2.75, 3.05) is 53.9 Å². The maximum Gasteiger partial charge on any atom is 0.335 e. The smallest absolute Gasteiger partial charge is 0.335 e. The molecule has 6 aromatic carbocycles. The highest BCUT2D eigenvalue weighted by Gasteiger charge is 2.35. The molecule has 2 fully saturated rings. The average Bonchev–Trinajstić information content (AvgIpc) is 1.61. The first-order valence-electron chi connectivity index (χ1n) is 28.7. The molecular weight excluding hydrogens is 1200 g/mol. The number of carbonyl (C=O) groups is 2. The van der Waals surface area contributed by atoms with Crippen LogP contribution in [0.15, 0.2) is 133 Å². The van der Waals surface area contributed by atoms with Crippen molar-refractivity contribution in [2.24, 2.45) is 11.8 Å². The molecule has 0 spiro atoms. The van der Waals surface area contributed by atoms with Gasteiger partial charge in [-0.3, -0.25) is 0 Å². The Morgan fingerprint density at radius 2 is 0.924 bits per heavy atom. The number of pyridine rings is 2. The largest absolute Gasteiger partial charge is 0.478 e. The summed E-state index contributed by atoms with van der Waals surface area (Å²) in [5, 5.41) is 37.0. The topological polar surface area (TPSA) is 239 Å². The predicted molar refractivity (Wildman–Crippen MR) is 320 cm³/mol. The molecule has 0 aliphatic carbocycles. The zero-order chi connectivity index (χ0) is 64.7. The Morgan fingerprint density at radius 3 is 1.30 bits per heavy atom. The maximum atomic E-state index is 15.7. The van der Waals surface area contributed by atoms with E-state index >= 15 is 17.6 Å². The molecule has 468 valence electrons. The highest BCUT2D eigenvalue weighted by atomic mass is 19.1. The summed E-state index contributed by atoms with van der Waals surface area (Å²) in [5.41, 5.74) is 3.15. The molecule has 0 radical (unpaired) electrons. The first-order valence-corrected chi connectivity index (χ1v) is 28.7. The van der Waals surface area contributed by atoms with Crippen LogP contribution < -0.4 is 9.47 Å². The van der Waals surface area contributed by atoms with E-state index in [2.05, 4.69) is 19.9 Å². The molecule has 18 nitrogen and oxygen atoms in total. The Labute approximate surface area is 521 Å². The van der Waals surface area contributed by atoms with E-state index in [-0.39, 0.29) is 129 Å². The summed E-state index contributed by atoms with van der Waals surface area (Å²) in [6, 6.07) is 33.8. The van der Waals surface area contributed by atoms with Crippen molar-refractivity contribution in [1.29, 1.82) is 10.5 Å². The van der Waals surface area contributed by atoms with Gasteiger partial charge < -0.3 is 47.8 Å². The molecule has 2 N–H and O–H groups in total. The van der Waals surface area contributed by atoms with Gasteiger partial charge in [0.15, 0.2) is 0 Å². The van der Waals surface area contributed by atoms with E-state index in [0.29, 0.717) is 73.4 Å². The van der Waals surface area contributed by atoms with Crippen LogP contribution in [0.2, 0.25) is 0 Å². The lowest BCUT2D eigenvalue weighted by Gasteiger charge is -2.22. The van der Waals surface area contributed by atoms with Crippen LogP contribution in [0.5, 0.6) is 11.8 Å². The number of nitrogens with zero attached hydrogens (tertiary/aromatic N) is 8. The second-order valence-corrected chi connectivity index (χ2v) is 21.8. The monoisotopic (exact) mass is 1260 g/mol. The Hall–Kier alpha value is -10.5. The summed E-state index contributed by atoms with van der Waals surface area (Å²) in [6.45, 7) is 1.89. The van der Waals surface area contributed by atoms with E-state index in [1.807, 2.05) is 21.3 Å². The van der Waals surface area contributed by atoms with Crippen molar-refractivity contribution in [3.63, 3.8) is 0 Å². The molecule has 2 aliphatic rings. The number of imidazole rings is 2. The molecule has 12 rings (SSSR count). The average molecular weight is 1260 g/mol. The molecule has 4 atom stereocenters. The molecule has 0 unspecified atom stereocenters. The van der Waals surface area contributed by atoms with E-state index in [9.17, 15) is 28.6 Å². The number of carboxylic acid groups (broad SMARTS) is 2. The number of hydrogen-bond acceptors (Lipinski definition) is 14. The Morgan fingerprint density at radius 1 is 0.511 bits per heavy atom. The van der Waals surface area contributed by atoms with E-state index in [0.717, 1.165) is 36.4 Å². The standard InChI is InChI=1S/2C34H27F3N4O5/c2*1-44-15-23-16-45-18-31(23)41-30-11-20(34(42)43)7-8-29(30)39-32(41)12-22-10-27(37)24(13-26(22)36)28-3-2-4-33(40-28)46-17-21-6-5-19(14-38)9-25(21)35/h2*2-11,13,23,31H,12,15-18H2,1H3,(H,42,43)/t2*23-,31+/m11/s1. The van der Waals surface area contributed by atoms with Crippen molar-refractivity contribution >= 4 is 34.0 Å². The van der Waals surface area contributed by atoms with Gasteiger partial charge in [0.1, 0.15) is 59.8 Å². The highest BCUT2D eigenvalue weighted by molar-refractivity contribution is 5.93. The van der Waals surface area contributed by atoms with Gasteiger partial charge in [-0.25, -0.2) is 55.9 Å². The molecule has 0 amide bonds. The summed E-state index contributed by atoms with van der Waals surface area (Å²) >= 11 is 0. The van der Waals surface area contributed by atoms with Gasteiger partial charge in [-0.2, -0.15) is 10.5 Å². The maximum absolute atomic E-state index is 15.7. The summed E-state index contributed by atoms with van der Waals surface area (Å²) < 4.78 is 128. The summed E-state index contributed by atoms with van der Waals surface area (Å²) in [6.07, 6.45) is -0.161. The van der Waals surface area contributed by atoms with Crippen LogP contribution in [0.1, 0.15) is 77.8 Å². The molecule has 0 bridgehead atoms. The number of methoxy groups -OCH3 is 2. The van der Waals surface area contributed by atoms with Crippen molar-refractivity contribution in [3.8, 4) is 46.4 Å². The number of fused-ring (bicyclic) bond motifs is 2. The zero-order valence-corrected chi connectivity index (χ0v) is 49.1. The molecule has 92 heavy (non-hydrogen) atoms. The first kappa shape index (κ1) is 63.1. The Bertz CT molecular complexity index is 4270. The fourth-order valence-corrected chi connectivity index (χ4v) is 11.3. The number of carboxylic acids is 2. The van der Waals surface area contributed by atoms with Crippen molar-refractivity contribution in [2.45, 2.75) is 38.1 Å². The minimum absolute atomic E-state index is 0.0437. The van der Waals surface area contributed by atoms with Crippen LogP contribution >= 0.6 is 0 Å². The fourth-order valence-electron chi connectivity index (χ4n) is 11.3. The number of nitriles is 2. The second kappa shape index (κ2) is 27.7. The van der Waals surface area contributed by atoms with Gasteiger partial charge in [0.2, 0.25) is 11.8 Å². The number of ether oxygens (including phenoxy) is 6. The van der Waals surface area contributed by atoms with Gasteiger partial charge in [-0.05, 0) is 108 Å². The molecule has 4 aromatic heterocycles. The highest BCUT2D eigenvalue weighted by Crippen LogP contribution is 2.37. The number of rotatable bonds is 20. The number of benzene rings is 6. The second-order valence-electron chi connectivity index (χ2n) is 21.8. The number of aromatic carboxylic acids is 2. The van der Waals surface area contributed by atoms with E-state index in [4.69, 9.17) is 38.9 Å². The quantitative estimate of drug-likeness (QED) is 0.0674. The minimum atomic E-state index is -1.10. The van der Waals surface area contributed by atoms with E-state index < -0.39 is 46.8 Å². The lowest BCUT2D eigenvalue weighted by Crippen LogP contribution is -2.23. The molecule has 2 saturated heterocycles. The van der Waals surface area contributed by atoms with Gasteiger partial charge >= 0.3 is 11.9 Å². The first-order chi connectivity index (χ1) is 44.5. The van der Waals surface area contributed by atoms with Crippen LogP contribution in [-0.4, -0.2) is 105 Å². The number of aromatic nitrogens is 6. The van der Waals surface area contributed by atoms with Crippen molar-refractivity contribution in [1.82, 2.24) is 29.1 Å². The number of hydrogen-bond donors (Lipinski definition) is 2. The van der Waals surface area contributed by atoms with Crippen LogP contribution in [0, 0.1) is 69.4 Å². The minimum Gasteiger partial charge on any atom is -0.478 e. The normalized spacial score (nSPS) is 16.1. The summed E-state index contributed by atoms with van der Waals surface area (Å²) in [4.78, 5) is 41.4. The molecule has 2 aliphatic heterocycles. The van der Waals surface area contributed by atoms with Gasteiger partial charge in [0.25, 0.3) is 0 Å². The van der Waals surface area contributed by atoms with Gasteiger partial charge in [0, 0.05) is 73.3 Å². The van der Waals surface area contributed by atoms with Crippen LogP contribution in [0.4, 0.5) is 26.3 Å². The van der Waals surface area contributed by atoms with E-state index in [1.54, 1.807) is 38.5 Å². The third-order valence-corrected chi connectivity index (χ3v) is 15.9. The Kier molecular flexibility index (Phi) is 19.0. The van der Waals surface area contributed by atoms with Gasteiger partial charge in [-0.1, -0.05) is 24.3 Å². The van der Waals surface area contributed by atoms with Crippen molar-refractivity contribution in [3.05, 3.63) is 225 Å². The Balaban J connectivity index is 0.000000188. The molecule has 6 heterocycles. The molecule has 10 aromatic rings. The third-order valence-electron chi connectivity index (χ3n) is 15.9. The zero-order valence-electron chi connectivity index (χ0n) is 49.1. The van der Waals surface area contributed by atoms with Crippen LogP contribution in [0.25, 0.3) is 44.6 Å². The fraction of sp³-hybridized carbons (Fsp3) is 0.235.